The first-order valence-electron chi connectivity index (χ1n) is 27.8. The van der Waals surface area contributed by atoms with E-state index in [9.17, 15) is 19.2 Å². The lowest BCUT2D eigenvalue weighted by Crippen LogP contribution is -2.63. The van der Waals surface area contributed by atoms with E-state index >= 15 is 0 Å². The lowest BCUT2D eigenvalue weighted by molar-refractivity contribution is -0.148. The van der Waals surface area contributed by atoms with Crippen molar-refractivity contribution in [2.75, 3.05) is 14.2 Å². The van der Waals surface area contributed by atoms with Gasteiger partial charge >= 0.3 is 12.2 Å². The van der Waals surface area contributed by atoms with Gasteiger partial charge in [0, 0.05) is 12.1 Å². The van der Waals surface area contributed by atoms with Gasteiger partial charge in [-0.05, 0) is 178 Å². The third-order valence-electron chi connectivity index (χ3n) is 19.3. The zero-order valence-corrected chi connectivity index (χ0v) is 44.6. The Kier molecular flexibility index (Phi) is 13.6. The van der Waals surface area contributed by atoms with Gasteiger partial charge in [0.15, 0.2) is 0 Å². The minimum atomic E-state index is -0.623. The average Bonchev–Trinajstić information content (AvgIpc) is 4.25. The topological polar surface area (TPSA) is 175 Å². The van der Waals surface area contributed by atoms with Crippen molar-refractivity contribution in [2.45, 2.75) is 155 Å². The molecule has 0 bridgehead atoms. The van der Waals surface area contributed by atoms with Gasteiger partial charge in [-0.15, -0.1) is 0 Å². The van der Waals surface area contributed by atoms with Crippen molar-refractivity contribution in [3.8, 4) is 0 Å². The van der Waals surface area contributed by atoms with E-state index in [-0.39, 0.29) is 47.8 Å². The van der Waals surface area contributed by atoms with Crippen LogP contribution in [-0.2, 0) is 19.1 Å². The first-order chi connectivity index (χ1) is 35.7. The Bertz CT molecular complexity index is 2980. The maximum absolute atomic E-state index is 14.3. The second-order valence-electron chi connectivity index (χ2n) is 23.3. The number of hydrogen-bond donors (Lipinski definition) is 4. The number of alkyl carbamates (subject to hydrolysis) is 2. The van der Waals surface area contributed by atoms with Crippen LogP contribution in [-0.4, -0.2) is 92.1 Å². The van der Waals surface area contributed by atoms with E-state index in [1.807, 2.05) is 0 Å². The van der Waals surface area contributed by atoms with Crippen LogP contribution in [0.4, 0.5) is 9.59 Å². The Morgan fingerprint density at radius 1 is 0.716 bits per heavy atom. The Labute approximate surface area is 435 Å². The van der Waals surface area contributed by atoms with Crippen LogP contribution in [0, 0.1) is 47.3 Å². The summed E-state index contributed by atoms with van der Waals surface area (Å²) in [6.45, 7) is 13.3. The van der Waals surface area contributed by atoms with Gasteiger partial charge in [-0.2, -0.15) is 0 Å². The number of methoxy groups -OCH3 is 2. The van der Waals surface area contributed by atoms with Gasteiger partial charge in [-0.25, -0.2) is 19.6 Å². The van der Waals surface area contributed by atoms with Crippen LogP contribution in [0.25, 0.3) is 33.2 Å². The number of allylic oxidation sites excluding steroid dienone is 8. The van der Waals surface area contributed by atoms with Crippen molar-refractivity contribution < 1.29 is 28.7 Å². The molecule has 11 rings (SSSR count). The number of amides is 4. The molecule has 4 unspecified atom stereocenters. The predicted molar refractivity (Wildman–Crippen MR) is 287 cm³/mol. The molecular formula is C60H76N8O6. The van der Waals surface area contributed by atoms with Crippen LogP contribution in [0.15, 0.2) is 71.8 Å². The molecule has 4 aromatic rings. The van der Waals surface area contributed by atoms with Crippen LogP contribution in [0.5, 0.6) is 0 Å². The maximum Gasteiger partial charge on any atom is 0.407 e. The number of aromatic amines is 2. The quantitative estimate of drug-likeness (QED) is 0.148. The molecule has 14 atom stereocenters. The van der Waals surface area contributed by atoms with Crippen molar-refractivity contribution >= 4 is 57.2 Å². The highest BCUT2D eigenvalue weighted by atomic mass is 16.5. The highest BCUT2D eigenvalue weighted by Crippen LogP contribution is 2.55. The molecule has 4 aliphatic heterocycles. The molecule has 2 aromatic heterocycles. The van der Waals surface area contributed by atoms with E-state index in [0.29, 0.717) is 35.5 Å². The van der Waals surface area contributed by atoms with Gasteiger partial charge < -0.3 is 39.9 Å². The molecule has 74 heavy (non-hydrogen) atoms. The number of ether oxygens (including phenoxy) is 2. The fourth-order valence-corrected chi connectivity index (χ4v) is 15.2. The lowest BCUT2D eigenvalue weighted by Gasteiger charge is -2.49. The van der Waals surface area contributed by atoms with Gasteiger partial charge in [0.1, 0.15) is 23.7 Å². The van der Waals surface area contributed by atoms with E-state index in [1.165, 1.54) is 42.1 Å². The van der Waals surface area contributed by atoms with E-state index in [0.717, 1.165) is 116 Å². The molecule has 2 saturated carbocycles. The second-order valence-corrected chi connectivity index (χ2v) is 23.3. The summed E-state index contributed by atoms with van der Waals surface area (Å²) in [4.78, 5) is 75.4. The van der Waals surface area contributed by atoms with Crippen LogP contribution >= 0.6 is 0 Å². The third kappa shape index (κ3) is 8.85. The molecule has 0 radical (unpaired) electrons. The number of carbonyl (C=O) groups is 4. The van der Waals surface area contributed by atoms with Crippen molar-refractivity contribution in [1.82, 2.24) is 40.4 Å². The summed E-state index contributed by atoms with van der Waals surface area (Å²) in [5, 5.41) is 5.78. The molecule has 3 aliphatic carbocycles. The summed E-state index contributed by atoms with van der Waals surface area (Å²) in [5.41, 5.74) is 11.2. The number of nitrogens with zero attached hydrogens (tertiary/aromatic N) is 4. The molecule has 4 amide bonds. The van der Waals surface area contributed by atoms with Crippen molar-refractivity contribution in [3.05, 3.63) is 94.6 Å². The first kappa shape index (κ1) is 50.0. The number of rotatable bonds is 6. The summed E-state index contributed by atoms with van der Waals surface area (Å²) in [6.07, 6.45) is 20.4. The van der Waals surface area contributed by atoms with Gasteiger partial charge in [-0.1, -0.05) is 82.5 Å². The standard InChI is InChI=1S/C60H76N8O6/c1-9-36-19-21-37(33(4)38-22-24-45-47(27-38)63-55(61-45)49-29-40-12-10-14-42-34(5)51(65-59(71)73-7)57(69)67(49)53(40)42)20-17-31(2)16-18-32(3)44(26-36)39-23-25-46-48(28-39)64-56(62-46)50-30-41-13-11-15-43-35(6)52(66-60(72)74-8)58(70)68(50)54(41)43/h9,17,20,22-28,31-32,34-35,40-43,49-54H,10-16,18-19,21,29-30H2,1-8H3,(H,61,63)(H,62,64)(H,65,71)(H,66,72)/b20-17-,36-9-,37-33-,44-26+/t31-,32-,34?,35?,40+,41+,42?,43?,49+,50+,51+,52+,53-,54-/m1/s1. The Morgan fingerprint density at radius 2 is 1.27 bits per heavy atom. The molecule has 6 fully saturated rings. The number of H-pyrrole nitrogens is 2. The molecular weight excluding hydrogens is 929 g/mol. The van der Waals surface area contributed by atoms with Crippen molar-refractivity contribution in [3.63, 3.8) is 0 Å². The monoisotopic (exact) mass is 1000 g/mol. The molecule has 2 aromatic carbocycles. The predicted octanol–water partition coefficient (Wildman–Crippen LogP) is 11.5. The number of piperidine rings is 2. The fourth-order valence-electron chi connectivity index (χ4n) is 15.2. The SMILES string of the molecule is C/C=C1\C=C(\c2ccc3nc([C@@H]4C[C@@H]5CCCC6C(C)[C@H](NC(=O)OC)C(=O)N4[C@@H]65)[nH]c3c2)[C@H](C)CC[C@@H](C)/C=C\C(=C(/C)c2ccc3nc([C@@H]4C[C@@H]5CCCC6C(C)[C@H](NC(=O)OC)C(=O)N4[C@@H]65)[nH]c3c2)CC1. The van der Waals surface area contributed by atoms with Gasteiger partial charge in [0.25, 0.3) is 0 Å². The third-order valence-corrected chi connectivity index (χ3v) is 19.3. The minimum Gasteiger partial charge on any atom is -0.453 e. The average molecular weight is 1010 g/mol. The molecule has 6 heterocycles. The van der Waals surface area contributed by atoms with Gasteiger partial charge in [0.2, 0.25) is 11.8 Å². The minimum absolute atomic E-state index is 0.0314. The summed E-state index contributed by atoms with van der Waals surface area (Å²) in [7, 11) is 2.69. The second kappa shape index (κ2) is 20.2. The van der Waals surface area contributed by atoms with Crippen LogP contribution in [0.2, 0.25) is 0 Å². The number of aromatic nitrogens is 4. The first-order valence-corrected chi connectivity index (χ1v) is 27.8. The van der Waals surface area contributed by atoms with E-state index in [4.69, 9.17) is 19.4 Å². The summed E-state index contributed by atoms with van der Waals surface area (Å²) in [5.74, 6) is 3.80. The number of carbonyl (C=O) groups excluding carboxylic acids is 4. The van der Waals surface area contributed by atoms with Crippen LogP contribution in [0.3, 0.4) is 0 Å². The molecule has 392 valence electrons. The van der Waals surface area contributed by atoms with Crippen LogP contribution < -0.4 is 10.6 Å². The maximum atomic E-state index is 14.3. The van der Waals surface area contributed by atoms with Gasteiger partial charge in [-0.3, -0.25) is 9.59 Å². The molecule has 4 N–H and O–H groups in total. The largest absolute Gasteiger partial charge is 0.453 e. The smallest absolute Gasteiger partial charge is 0.407 e. The van der Waals surface area contributed by atoms with Gasteiger partial charge in [0.05, 0.1) is 48.4 Å². The van der Waals surface area contributed by atoms with Crippen LogP contribution in [0.1, 0.15) is 153 Å². The summed E-state index contributed by atoms with van der Waals surface area (Å²) < 4.78 is 9.91. The number of hydrogen-bond acceptors (Lipinski definition) is 8. The molecule has 7 aliphatic rings. The summed E-state index contributed by atoms with van der Waals surface area (Å²) in [6, 6.07) is 11.8. The number of imidazole rings is 2. The highest BCUT2D eigenvalue weighted by Gasteiger charge is 2.59. The number of nitrogens with one attached hydrogen (secondary N) is 4. The molecule has 14 nitrogen and oxygen atoms in total. The number of fused-ring (bicyclic) bond motifs is 2. The van der Waals surface area contributed by atoms with E-state index in [2.05, 4.69) is 133 Å². The molecule has 14 heteroatoms. The number of benzene rings is 2. The fraction of sp³-hybridized carbons (Fsp3) is 0.567. The molecule has 0 spiro atoms. The van der Waals surface area contributed by atoms with Crippen molar-refractivity contribution in [2.24, 2.45) is 47.3 Å². The lowest BCUT2D eigenvalue weighted by atomic mass is 9.68. The van der Waals surface area contributed by atoms with E-state index in [1.54, 1.807) is 0 Å². The normalized spacial score (nSPS) is 35.6. The molecule has 4 saturated heterocycles. The van der Waals surface area contributed by atoms with E-state index < -0.39 is 24.3 Å². The highest BCUT2D eigenvalue weighted by molar-refractivity contribution is 5.90. The zero-order chi connectivity index (χ0) is 51.7. The Balaban J connectivity index is 0.847. The Hall–Kier alpha value is -6.18. The summed E-state index contributed by atoms with van der Waals surface area (Å²) >= 11 is 0. The zero-order valence-electron chi connectivity index (χ0n) is 44.6. The Morgan fingerprint density at radius 3 is 1.82 bits per heavy atom. The van der Waals surface area contributed by atoms with Crippen molar-refractivity contribution in [1.29, 1.82) is 0 Å².